The first-order chi connectivity index (χ1) is 15.1. The lowest BCUT2D eigenvalue weighted by Crippen LogP contribution is -2.39. The topological polar surface area (TPSA) is 54.8 Å². The number of hydrogen-bond acceptors (Lipinski definition) is 3. The second-order valence-electron chi connectivity index (χ2n) is 7.77. The van der Waals surface area contributed by atoms with Gasteiger partial charge < -0.3 is 19.1 Å². The molecule has 1 aromatic heterocycles. The molecule has 1 saturated heterocycles. The van der Waals surface area contributed by atoms with E-state index in [0.717, 1.165) is 17.7 Å². The van der Waals surface area contributed by atoms with Gasteiger partial charge in [-0.05, 0) is 61.9 Å². The van der Waals surface area contributed by atoms with Crippen molar-refractivity contribution in [2.24, 2.45) is 0 Å². The predicted octanol–water partition coefficient (Wildman–Crippen LogP) is 3.54. The van der Waals surface area contributed by atoms with Gasteiger partial charge in [0.25, 0.3) is 11.8 Å². The van der Waals surface area contributed by atoms with E-state index in [9.17, 15) is 9.59 Å². The maximum absolute atomic E-state index is 13.0. The monoisotopic (exact) mass is 417 g/mol. The lowest BCUT2D eigenvalue weighted by molar-refractivity contribution is -0.133. The predicted molar refractivity (Wildman–Crippen MR) is 120 cm³/mol. The van der Waals surface area contributed by atoms with E-state index in [0.29, 0.717) is 37.5 Å². The number of amides is 2. The first-order valence-corrected chi connectivity index (χ1v) is 10.6. The Kier molecular flexibility index (Phi) is 6.36. The van der Waals surface area contributed by atoms with E-state index in [2.05, 4.69) is 0 Å². The first kappa shape index (κ1) is 20.7. The SMILES string of the molecule is Cc1ccc(OCC(=O)N2CCCN(C(=O)c3ccc(-n4cccc4)cc3)CC2)cc1. The second-order valence-corrected chi connectivity index (χ2v) is 7.77. The van der Waals surface area contributed by atoms with Crippen molar-refractivity contribution in [1.82, 2.24) is 14.4 Å². The summed E-state index contributed by atoms with van der Waals surface area (Å²) in [7, 11) is 0. The Morgan fingerprint density at radius 1 is 0.839 bits per heavy atom. The van der Waals surface area contributed by atoms with Crippen LogP contribution in [0.2, 0.25) is 0 Å². The van der Waals surface area contributed by atoms with Gasteiger partial charge in [-0.1, -0.05) is 17.7 Å². The Morgan fingerprint density at radius 2 is 1.48 bits per heavy atom. The second kappa shape index (κ2) is 9.51. The molecule has 1 fully saturated rings. The van der Waals surface area contributed by atoms with Gasteiger partial charge in [0.15, 0.2) is 6.61 Å². The van der Waals surface area contributed by atoms with Gasteiger partial charge in [-0.15, -0.1) is 0 Å². The van der Waals surface area contributed by atoms with Crippen molar-refractivity contribution in [1.29, 1.82) is 0 Å². The summed E-state index contributed by atoms with van der Waals surface area (Å²) < 4.78 is 7.63. The van der Waals surface area contributed by atoms with Crippen molar-refractivity contribution < 1.29 is 14.3 Å². The van der Waals surface area contributed by atoms with Crippen molar-refractivity contribution in [2.45, 2.75) is 13.3 Å². The highest BCUT2D eigenvalue weighted by Gasteiger charge is 2.23. The molecule has 6 nitrogen and oxygen atoms in total. The molecule has 0 aliphatic carbocycles. The lowest BCUT2D eigenvalue weighted by Gasteiger charge is -2.22. The van der Waals surface area contributed by atoms with Crippen molar-refractivity contribution in [3.8, 4) is 11.4 Å². The fourth-order valence-electron chi connectivity index (χ4n) is 3.71. The number of aryl methyl sites for hydroxylation is 1. The summed E-state index contributed by atoms with van der Waals surface area (Å²) in [5.41, 5.74) is 2.83. The normalized spacial score (nSPS) is 14.2. The van der Waals surface area contributed by atoms with Gasteiger partial charge in [0.1, 0.15) is 5.75 Å². The highest BCUT2D eigenvalue weighted by Crippen LogP contribution is 2.15. The van der Waals surface area contributed by atoms with Crippen LogP contribution in [0.5, 0.6) is 5.75 Å². The molecule has 1 aliphatic rings. The molecular formula is C25H27N3O3. The summed E-state index contributed by atoms with van der Waals surface area (Å²) in [6, 6.07) is 19.2. The maximum Gasteiger partial charge on any atom is 0.260 e. The number of benzene rings is 2. The molecule has 0 radical (unpaired) electrons. The average molecular weight is 418 g/mol. The van der Waals surface area contributed by atoms with Crippen molar-refractivity contribution in [2.75, 3.05) is 32.8 Å². The number of carbonyl (C=O) groups excluding carboxylic acids is 2. The molecule has 160 valence electrons. The Bertz CT molecular complexity index is 1010. The first-order valence-electron chi connectivity index (χ1n) is 10.6. The van der Waals surface area contributed by atoms with Gasteiger partial charge in [0.2, 0.25) is 0 Å². The minimum atomic E-state index is -0.0500. The molecule has 2 heterocycles. The summed E-state index contributed by atoms with van der Waals surface area (Å²) >= 11 is 0. The Morgan fingerprint density at radius 3 is 2.19 bits per heavy atom. The van der Waals surface area contributed by atoms with Gasteiger partial charge in [-0.25, -0.2) is 0 Å². The molecule has 4 rings (SSSR count). The number of hydrogen-bond donors (Lipinski definition) is 0. The van der Waals surface area contributed by atoms with E-state index in [1.54, 1.807) is 4.90 Å². The van der Waals surface area contributed by atoms with E-state index in [1.165, 1.54) is 0 Å². The van der Waals surface area contributed by atoms with Gasteiger partial charge in [-0.2, -0.15) is 0 Å². The zero-order chi connectivity index (χ0) is 21.6. The van der Waals surface area contributed by atoms with Crippen LogP contribution in [0.25, 0.3) is 5.69 Å². The summed E-state index contributed by atoms with van der Waals surface area (Å²) in [5, 5.41) is 0. The third kappa shape index (κ3) is 5.15. The summed E-state index contributed by atoms with van der Waals surface area (Å²) in [6.45, 7) is 4.33. The molecule has 0 spiro atoms. The summed E-state index contributed by atoms with van der Waals surface area (Å²) in [5.74, 6) is 0.643. The van der Waals surface area contributed by atoms with E-state index in [1.807, 2.05) is 89.4 Å². The molecular weight excluding hydrogens is 390 g/mol. The minimum Gasteiger partial charge on any atom is -0.484 e. The lowest BCUT2D eigenvalue weighted by atomic mass is 10.1. The standard InChI is InChI=1S/C25H27N3O3/c1-20-5-11-23(12-6-20)31-19-24(29)27-15-4-16-28(18-17-27)25(30)21-7-9-22(10-8-21)26-13-2-3-14-26/h2-3,5-14H,4,15-19H2,1H3. The fraction of sp³-hybridized carbons (Fsp3) is 0.280. The third-order valence-corrected chi connectivity index (χ3v) is 5.54. The minimum absolute atomic E-state index is 0.00394. The molecule has 3 aromatic rings. The summed E-state index contributed by atoms with van der Waals surface area (Å²) in [4.78, 5) is 29.2. The number of nitrogens with zero attached hydrogens (tertiary/aromatic N) is 3. The molecule has 0 bridgehead atoms. The Hall–Kier alpha value is -3.54. The highest BCUT2D eigenvalue weighted by atomic mass is 16.5. The Balaban J connectivity index is 1.31. The molecule has 2 aromatic carbocycles. The van der Waals surface area contributed by atoms with E-state index < -0.39 is 0 Å². The van der Waals surface area contributed by atoms with Crippen LogP contribution < -0.4 is 4.74 Å². The number of carbonyl (C=O) groups is 2. The van der Waals surface area contributed by atoms with Crippen LogP contribution in [0.1, 0.15) is 22.3 Å². The van der Waals surface area contributed by atoms with Gasteiger partial charge in [-0.3, -0.25) is 9.59 Å². The number of rotatable bonds is 5. The highest BCUT2D eigenvalue weighted by molar-refractivity contribution is 5.94. The molecule has 31 heavy (non-hydrogen) atoms. The fourth-order valence-corrected chi connectivity index (χ4v) is 3.71. The van der Waals surface area contributed by atoms with Crippen LogP contribution in [0.15, 0.2) is 73.1 Å². The zero-order valence-corrected chi connectivity index (χ0v) is 17.7. The molecule has 0 N–H and O–H groups in total. The molecule has 0 saturated carbocycles. The maximum atomic E-state index is 13.0. The Labute approximate surface area is 182 Å². The quantitative estimate of drug-likeness (QED) is 0.638. The van der Waals surface area contributed by atoms with Gasteiger partial charge in [0, 0.05) is 49.8 Å². The van der Waals surface area contributed by atoms with Crippen LogP contribution in [0.3, 0.4) is 0 Å². The number of aromatic nitrogens is 1. The zero-order valence-electron chi connectivity index (χ0n) is 17.7. The van der Waals surface area contributed by atoms with E-state index in [-0.39, 0.29) is 18.4 Å². The van der Waals surface area contributed by atoms with Gasteiger partial charge in [0.05, 0.1) is 0 Å². The molecule has 0 unspecified atom stereocenters. The molecule has 0 atom stereocenters. The summed E-state index contributed by atoms with van der Waals surface area (Å²) in [6.07, 6.45) is 4.70. The van der Waals surface area contributed by atoms with Crippen LogP contribution in [-0.4, -0.2) is 59.0 Å². The smallest absolute Gasteiger partial charge is 0.260 e. The third-order valence-electron chi connectivity index (χ3n) is 5.54. The average Bonchev–Trinajstić information content (AvgIpc) is 3.23. The van der Waals surface area contributed by atoms with Crippen molar-refractivity contribution in [3.63, 3.8) is 0 Å². The van der Waals surface area contributed by atoms with Crippen molar-refractivity contribution >= 4 is 11.8 Å². The van der Waals surface area contributed by atoms with Crippen LogP contribution in [0, 0.1) is 6.92 Å². The molecule has 6 heteroatoms. The van der Waals surface area contributed by atoms with E-state index >= 15 is 0 Å². The van der Waals surface area contributed by atoms with Crippen LogP contribution in [0.4, 0.5) is 0 Å². The molecule has 2 amide bonds. The number of ether oxygens (including phenoxy) is 1. The molecule has 1 aliphatic heterocycles. The van der Waals surface area contributed by atoms with Crippen LogP contribution >= 0.6 is 0 Å². The van der Waals surface area contributed by atoms with Crippen LogP contribution in [-0.2, 0) is 4.79 Å². The van der Waals surface area contributed by atoms with Gasteiger partial charge >= 0.3 is 0 Å². The van der Waals surface area contributed by atoms with E-state index in [4.69, 9.17) is 4.74 Å². The van der Waals surface area contributed by atoms with Crippen molar-refractivity contribution in [3.05, 3.63) is 84.2 Å². The largest absolute Gasteiger partial charge is 0.484 e.